The lowest BCUT2D eigenvalue weighted by Crippen LogP contribution is -2.35. The van der Waals surface area contributed by atoms with Crippen molar-refractivity contribution in [3.8, 4) is 5.75 Å². The highest BCUT2D eigenvalue weighted by Gasteiger charge is 2.13. The average Bonchev–Trinajstić information content (AvgIpc) is 2.56. The van der Waals surface area contributed by atoms with Crippen LogP contribution in [-0.2, 0) is 4.79 Å². The standard InChI is InChI=1S/C16H18N4O2/c1-12(19-14-7-3-4-8-15(14)22-2)16(21)20-18-11-13-6-5-9-17-10-13/h3-12,19H,1-2H3,(H,20,21)/b18-11+. The number of nitrogens with one attached hydrogen (secondary N) is 2. The fourth-order valence-electron chi connectivity index (χ4n) is 1.78. The molecule has 0 saturated heterocycles. The van der Waals surface area contributed by atoms with Crippen LogP contribution in [0.1, 0.15) is 12.5 Å². The monoisotopic (exact) mass is 298 g/mol. The summed E-state index contributed by atoms with van der Waals surface area (Å²) in [6.45, 7) is 1.75. The molecule has 0 aliphatic heterocycles. The predicted molar refractivity (Wildman–Crippen MR) is 86.1 cm³/mol. The maximum Gasteiger partial charge on any atom is 0.262 e. The minimum atomic E-state index is -0.456. The molecule has 114 valence electrons. The van der Waals surface area contributed by atoms with E-state index in [1.165, 1.54) is 0 Å². The number of methoxy groups -OCH3 is 1. The van der Waals surface area contributed by atoms with Crippen molar-refractivity contribution in [2.75, 3.05) is 12.4 Å². The molecule has 0 bridgehead atoms. The number of anilines is 1. The van der Waals surface area contributed by atoms with Crippen molar-refractivity contribution in [3.63, 3.8) is 0 Å². The smallest absolute Gasteiger partial charge is 0.262 e. The van der Waals surface area contributed by atoms with Crippen LogP contribution in [0.4, 0.5) is 5.69 Å². The van der Waals surface area contributed by atoms with Crippen molar-refractivity contribution in [1.82, 2.24) is 10.4 Å². The van der Waals surface area contributed by atoms with E-state index >= 15 is 0 Å². The Labute approximate surface area is 129 Å². The first-order chi connectivity index (χ1) is 10.7. The van der Waals surface area contributed by atoms with Gasteiger partial charge in [0.05, 0.1) is 19.0 Å². The molecule has 2 rings (SSSR count). The van der Waals surface area contributed by atoms with E-state index in [9.17, 15) is 4.79 Å². The van der Waals surface area contributed by atoms with E-state index in [0.29, 0.717) is 5.75 Å². The molecule has 2 N–H and O–H groups in total. The number of ether oxygens (including phenoxy) is 1. The van der Waals surface area contributed by atoms with E-state index in [-0.39, 0.29) is 5.91 Å². The van der Waals surface area contributed by atoms with Gasteiger partial charge in [0.15, 0.2) is 0 Å². The summed E-state index contributed by atoms with van der Waals surface area (Å²) >= 11 is 0. The molecule has 1 unspecified atom stereocenters. The number of hydrogen-bond acceptors (Lipinski definition) is 5. The van der Waals surface area contributed by atoms with Gasteiger partial charge in [-0.15, -0.1) is 0 Å². The van der Waals surface area contributed by atoms with Crippen molar-refractivity contribution in [3.05, 3.63) is 54.4 Å². The largest absolute Gasteiger partial charge is 0.495 e. The lowest BCUT2D eigenvalue weighted by Gasteiger charge is -2.15. The van der Waals surface area contributed by atoms with E-state index in [4.69, 9.17) is 4.74 Å². The van der Waals surface area contributed by atoms with Crippen LogP contribution in [0.3, 0.4) is 0 Å². The van der Waals surface area contributed by atoms with E-state index in [0.717, 1.165) is 11.3 Å². The Balaban J connectivity index is 1.91. The second-order valence-corrected chi connectivity index (χ2v) is 4.59. The van der Waals surface area contributed by atoms with Gasteiger partial charge in [0.25, 0.3) is 5.91 Å². The average molecular weight is 298 g/mol. The van der Waals surface area contributed by atoms with Crippen molar-refractivity contribution in [1.29, 1.82) is 0 Å². The van der Waals surface area contributed by atoms with Gasteiger partial charge in [-0.05, 0) is 25.1 Å². The second kappa shape index (κ2) is 7.78. The molecule has 1 heterocycles. The first-order valence-corrected chi connectivity index (χ1v) is 6.83. The Bertz CT molecular complexity index is 644. The van der Waals surface area contributed by atoms with Gasteiger partial charge in [-0.2, -0.15) is 5.10 Å². The van der Waals surface area contributed by atoms with Crippen molar-refractivity contribution >= 4 is 17.8 Å². The maximum absolute atomic E-state index is 12.0. The summed E-state index contributed by atoms with van der Waals surface area (Å²) < 4.78 is 5.23. The van der Waals surface area contributed by atoms with Crippen molar-refractivity contribution in [2.45, 2.75) is 13.0 Å². The molecule has 1 aromatic carbocycles. The maximum atomic E-state index is 12.0. The number of benzene rings is 1. The molecular formula is C16H18N4O2. The number of rotatable bonds is 6. The topological polar surface area (TPSA) is 75.6 Å². The minimum Gasteiger partial charge on any atom is -0.495 e. The van der Waals surface area contributed by atoms with Gasteiger partial charge >= 0.3 is 0 Å². The summed E-state index contributed by atoms with van der Waals surface area (Å²) in [6, 6.07) is 10.6. The molecule has 0 aliphatic rings. The third-order valence-electron chi connectivity index (χ3n) is 2.95. The molecule has 0 aliphatic carbocycles. The number of aromatic nitrogens is 1. The summed E-state index contributed by atoms with van der Waals surface area (Å²) in [5.74, 6) is 0.437. The zero-order chi connectivity index (χ0) is 15.8. The van der Waals surface area contributed by atoms with Crippen molar-refractivity contribution < 1.29 is 9.53 Å². The number of amides is 1. The van der Waals surface area contributed by atoms with Gasteiger partial charge in [0, 0.05) is 18.0 Å². The summed E-state index contributed by atoms with van der Waals surface area (Å²) in [5.41, 5.74) is 4.05. The molecule has 1 aromatic heterocycles. The Morgan fingerprint density at radius 1 is 1.32 bits per heavy atom. The normalized spacial score (nSPS) is 11.9. The third kappa shape index (κ3) is 4.31. The van der Waals surface area contributed by atoms with E-state index in [1.807, 2.05) is 30.3 Å². The zero-order valence-electron chi connectivity index (χ0n) is 12.5. The quantitative estimate of drug-likeness (QED) is 0.632. The second-order valence-electron chi connectivity index (χ2n) is 4.59. The van der Waals surface area contributed by atoms with Gasteiger partial charge in [0.2, 0.25) is 0 Å². The number of para-hydroxylation sites is 2. The number of carbonyl (C=O) groups excluding carboxylic acids is 1. The Morgan fingerprint density at radius 2 is 2.14 bits per heavy atom. The van der Waals surface area contributed by atoms with Crippen LogP contribution in [0, 0.1) is 0 Å². The molecule has 0 fully saturated rings. The molecular weight excluding hydrogens is 280 g/mol. The van der Waals surface area contributed by atoms with E-state index < -0.39 is 6.04 Å². The van der Waals surface area contributed by atoms with Gasteiger partial charge in [-0.3, -0.25) is 9.78 Å². The summed E-state index contributed by atoms with van der Waals surface area (Å²) in [6.07, 6.45) is 4.88. The molecule has 6 nitrogen and oxygen atoms in total. The number of hydrogen-bond donors (Lipinski definition) is 2. The minimum absolute atomic E-state index is 0.244. The molecule has 0 spiro atoms. The zero-order valence-corrected chi connectivity index (χ0v) is 12.5. The Kier molecular flexibility index (Phi) is 5.48. The molecule has 0 saturated carbocycles. The highest BCUT2D eigenvalue weighted by molar-refractivity contribution is 5.86. The van der Waals surface area contributed by atoms with Gasteiger partial charge in [0.1, 0.15) is 11.8 Å². The van der Waals surface area contributed by atoms with E-state index in [2.05, 4.69) is 20.8 Å². The number of carbonyl (C=O) groups is 1. The lowest BCUT2D eigenvalue weighted by atomic mass is 10.2. The van der Waals surface area contributed by atoms with Crippen LogP contribution in [0.5, 0.6) is 5.75 Å². The predicted octanol–water partition coefficient (Wildman–Crippen LogP) is 2.04. The Hall–Kier alpha value is -2.89. The fraction of sp³-hybridized carbons (Fsp3) is 0.188. The first kappa shape index (κ1) is 15.5. The highest BCUT2D eigenvalue weighted by atomic mass is 16.5. The summed E-state index contributed by atoms with van der Waals surface area (Å²) in [4.78, 5) is 16.0. The number of nitrogens with zero attached hydrogens (tertiary/aromatic N) is 2. The van der Waals surface area contributed by atoms with Crippen LogP contribution in [0.25, 0.3) is 0 Å². The van der Waals surface area contributed by atoms with Gasteiger partial charge in [-0.25, -0.2) is 5.43 Å². The molecule has 0 radical (unpaired) electrons. The van der Waals surface area contributed by atoms with E-state index in [1.54, 1.807) is 38.7 Å². The molecule has 1 amide bonds. The third-order valence-corrected chi connectivity index (χ3v) is 2.95. The first-order valence-electron chi connectivity index (χ1n) is 6.83. The summed E-state index contributed by atoms with van der Waals surface area (Å²) in [7, 11) is 1.59. The number of hydrazone groups is 1. The molecule has 22 heavy (non-hydrogen) atoms. The van der Waals surface area contributed by atoms with Crippen LogP contribution in [0.15, 0.2) is 53.9 Å². The van der Waals surface area contributed by atoms with Crippen molar-refractivity contribution in [2.24, 2.45) is 5.10 Å². The van der Waals surface area contributed by atoms with Crippen LogP contribution >= 0.6 is 0 Å². The Morgan fingerprint density at radius 3 is 2.86 bits per heavy atom. The molecule has 2 aromatic rings. The number of pyridine rings is 1. The van der Waals surface area contributed by atoms with Crippen LogP contribution < -0.4 is 15.5 Å². The summed E-state index contributed by atoms with van der Waals surface area (Å²) in [5, 5.41) is 7.00. The molecule has 1 atom stereocenters. The SMILES string of the molecule is COc1ccccc1NC(C)C(=O)N/N=C/c1cccnc1. The highest BCUT2D eigenvalue weighted by Crippen LogP contribution is 2.23. The molecule has 6 heteroatoms. The lowest BCUT2D eigenvalue weighted by molar-refractivity contribution is -0.121. The fourth-order valence-corrected chi connectivity index (χ4v) is 1.78. The van der Waals surface area contributed by atoms with Gasteiger partial charge in [-0.1, -0.05) is 18.2 Å². The van der Waals surface area contributed by atoms with Crippen LogP contribution in [0.2, 0.25) is 0 Å². The van der Waals surface area contributed by atoms with Gasteiger partial charge < -0.3 is 10.1 Å². The van der Waals surface area contributed by atoms with Crippen LogP contribution in [-0.4, -0.2) is 30.3 Å².